The van der Waals surface area contributed by atoms with E-state index in [1.54, 1.807) is 0 Å². The van der Waals surface area contributed by atoms with Gasteiger partial charge in [0.05, 0.1) is 16.7 Å². The fraction of sp³-hybridized carbons (Fsp3) is 0.178. The zero-order valence-corrected chi connectivity index (χ0v) is 43.6. The van der Waals surface area contributed by atoms with E-state index in [1.807, 2.05) is 0 Å². The van der Waals surface area contributed by atoms with Crippen molar-refractivity contribution in [1.29, 1.82) is 0 Å². The third kappa shape index (κ3) is 8.57. The maximum Gasteiger partial charge on any atom is 0.0541 e. The van der Waals surface area contributed by atoms with Gasteiger partial charge < -0.3 is 9.47 Å². The van der Waals surface area contributed by atoms with E-state index in [0.717, 1.165) is 23.5 Å². The summed E-state index contributed by atoms with van der Waals surface area (Å²) in [7, 11) is 0. The molecule has 0 unspecified atom stereocenters. The van der Waals surface area contributed by atoms with Crippen LogP contribution in [0.1, 0.15) is 93.9 Å². The summed E-state index contributed by atoms with van der Waals surface area (Å²) in [5.41, 5.74) is 25.0. The number of benzene rings is 10. The maximum atomic E-state index is 2.53. The summed E-state index contributed by atoms with van der Waals surface area (Å²) in [5, 5.41) is 2.77. The third-order valence-electron chi connectivity index (χ3n) is 16.8. The Hall–Kier alpha value is -8.20. The van der Waals surface area contributed by atoms with Crippen molar-refractivity contribution in [3.63, 3.8) is 0 Å². The predicted molar refractivity (Wildman–Crippen MR) is 319 cm³/mol. The molecule has 0 aliphatic heterocycles. The van der Waals surface area contributed by atoms with Crippen molar-refractivity contribution in [3.05, 3.63) is 253 Å². The Morgan fingerprint density at radius 3 is 1.69 bits per heavy atom. The first-order valence-corrected chi connectivity index (χ1v) is 27.6. The van der Waals surface area contributed by atoms with Crippen LogP contribution in [0.15, 0.2) is 231 Å². The molecule has 0 amide bonds. The summed E-state index contributed by atoms with van der Waals surface area (Å²) in [6.07, 6.45) is 10.2. The quantitative estimate of drug-likeness (QED) is 0.105. The summed E-state index contributed by atoms with van der Waals surface area (Å²) in [6.45, 7) is 7.03. The number of anilines is 3. The van der Waals surface area contributed by atoms with Crippen LogP contribution in [0.25, 0.3) is 83.1 Å². The Labute approximate surface area is 443 Å². The molecule has 1 heterocycles. The summed E-state index contributed by atoms with van der Waals surface area (Å²) in [5.74, 6) is 0.687. The average Bonchev–Trinajstić information content (AvgIpc) is 4.19. The van der Waals surface area contributed by atoms with Crippen molar-refractivity contribution >= 4 is 38.9 Å². The van der Waals surface area contributed by atoms with E-state index in [2.05, 4.69) is 261 Å². The van der Waals surface area contributed by atoms with Gasteiger partial charge in [0.1, 0.15) is 0 Å². The first kappa shape index (κ1) is 46.6. The zero-order chi connectivity index (χ0) is 50.5. The number of aromatic nitrogens is 1. The first-order valence-electron chi connectivity index (χ1n) is 27.6. The van der Waals surface area contributed by atoms with Gasteiger partial charge in [0.25, 0.3) is 0 Å². The summed E-state index contributed by atoms with van der Waals surface area (Å²) < 4.78 is 2.49. The van der Waals surface area contributed by atoms with E-state index in [4.69, 9.17) is 0 Å². The highest BCUT2D eigenvalue weighted by Gasteiger charge is 2.36. The monoisotopic (exact) mass is 969 g/mol. The molecule has 2 aliphatic rings. The lowest BCUT2D eigenvalue weighted by atomic mass is 9.82. The number of fused-ring (bicyclic) bond motifs is 6. The van der Waals surface area contributed by atoms with Crippen molar-refractivity contribution in [2.45, 2.75) is 83.5 Å². The normalized spacial score (nSPS) is 13.9. The molecule has 0 radical (unpaired) electrons. The van der Waals surface area contributed by atoms with Crippen LogP contribution in [-0.2, 0) is 11.8 Å². The average molecular weight is 969 g/mol. The van der Waals surface area contributed by atoms with Crippen molar-refractivity contribution in [1.82, 2.24) is 4.57 Å². The summed E-state index contributed by atoms with van der Waals surface area (Å²) >= 11 is 0. The standard InChI is InChI=1S/C73H64N2/c1-4-5-8-17-50-26-43-71-66(46-50)67-48-59(52-20-13-14-21-52)36-45-72(67)75(71)61-39-33-56(34-40-61)54-29-27-53(28-30-54)55-31-37-60(38-32-55)74(62-41-42-64-63-24-15-16-25-68(63)73(2,3)69(64)49-62)70-44-35-58(51-18-9-6-10-19-51)47-65(70)57-22-11-7-12-23-57/h6-7,9-12,15-16,18-19,22-49,52H,4-5,8,13-14,17,20-21H2,1-3H3. The molecular formula is C73H64N2. The van der Waals surface area contributed by atoms with E-state index in [1.165, 1.54) is 150 Å². The van der Waals surface area contributed by atoms with E-state index in [9.17, 15) is 0 Å². The smallest absolute Gasteiger partial charge is 0.0541 e. The summed E-state index contributed by atoms with van der Waals surface area (Å²) in [4.78, 5) is 2.46. The second kappa shape index (κ2) is 19.6. The van der Waals surface area contributed by atoms with Crippen LogP contribution in [-0.4, -0.2) is 4.57 Å². The SMILES string of the molecule is CCCCCc1ccc2c(c1)c1cc(C3CCCC3)ccc1n2-c1ccc(-c2ccc(-c3ccc(N(c4ccc5c(c4)C(C)(C)c4ccccc4-5)c4ccc(-c5ccccc5)cc4-c4ccccc4)cc3)cc2)cc1. The number of hydrogen-bond donors (Lipinski definition) is 0. The zero-order valence-electron chi connectivity index (χ0n) is 43.6. The second-order valence-corrected chi connectivity index (χ2v) is 21.8. The molecule has 1 saturated carbocycles. The van der Waals surface area contributed by atoms with Crippen molar-refractivity contribution in [2.24, 2.45) is 0 Å². The van der Waals surface area contributed by atoms with Crippen molar-refractivity contribution in [2.75, 3.05) is 4.90 Å². The van der Waals surface area contributed by atoms with Gasteiger partial charge in [0, 0.05) is 38.8 Å². The highest BCUT2D eigenvalue weighted by atomic mass is 15.1. The largest absolute Gasteiger partial charge is 0.310 e. The van der Waals surface area contributed by atoms with Crippen LogP contribution < -0.4 is 4.90 Å². The topological polar surface area (TPSA) is 8.17 Å². The van der Waals surface area contributed by atoms with Gasteiger partial charge in [-0.1, -0.05) is 204 Å². The molecule has 10 aromatic carbocycles. The van der Waals surface area contributed by atoms with Crippen LogP contribution in [0.2, 0.25) is 0 Å². The van der Waals surface area contributed by atoms with Crippen LogP contribution in [0, 0.1) is 0 Å². The Bertz CT molecular complexity index is 3840. The highest BCUT2D eigenvalue weighted by molar-refractivity contribution is 6.10. The lowest BCUT2D eigenvalue weighted by Crippen LogP contribution is -2.17. The van der Waals surface area contributed by atoms with Crippen molar-refractivity contribution < 1.29 is 0 Å². The number of aryl methyl sites for hydroxylation is 1. The van der Waals surface area contributed by atoms with E-state index in [-0.39, 0.29) is 5.41 Å². The molecule has 0 saturated heterocycles. The lowest BCUT2D eigenvalue weighted by Gasteiger charge is -2.30. The molecule has 0 bridgehead atoms. The second-order valence-electron chi connectivity index (χ2n) is 21.8. The van der Waals surface area contributed by atoms with Crippen LogP contribution in [0.5, 0.6) is 0 Å². The molecule has 1 aromatic heterocycles. The predicted octanol–water partition coefficient (Wildman–Crippen LogP) is 20.6. The third-order valence-corrected chi connectivity index (χ3v) is 16.8. The molecule has 75 heavy (non-hydrogen) atoms. The van der Waals surface area contributed by atoms with Gasteiger partial charge in [-0.3, -0.25) is 0 Å². The number of rotatable bonds is 13. The van der Waals surface area contributed by atoms with Crippen LogP contribution in [0.4, 0.5) is 17.1 Å². The number of nitrogens with zero attached hydrogens (tertiary/aromatic N) is 2. The molecule has 2 aliphatic carbocycles. The number of unbranched alkanes of at least 4 members (excludes halogenated alkanes) is 2. The van der Waals surface area contributed by atoms with Gasteiger partial charge in [-0.25, -0.2) is 0 Å². The van der Waals surface area contributed by atoms with Gasteiger partial charge in [-0.2, -0.15) is 0 Å². The molecule has 2 nitrogen and oxygen atoms in total. The van der Waals surface area contributed by atoms with Gasteiger partial charge in [0.15, 0.2) is 0 Å². The molecule has 366 valence electrons. The fourth-order valence-electron chi connectivity index (χ4n) is 12.7. The molecule has 0 N–H and O–H groups in total. The molecule has 13 rings (SSSR count). The minimum absolute atomic E-state index is 0.131. The molecule has 2 heteroatoms. The van der Waals surface area contributed by atoms with E-state index >= 15 is 0 Å². The van der Waals surface area contributed by atoms with Gasteiger partial charge in [-0.15, -0.1) is 0 Å². The Morgan fingerprint density at radius 1 is 0.440 bits per heavy atom. The number of hydrogen-bond acceptors (Lipinski definition) is 1. The van der Waals surface area contributed by atoms with E-state index in [0.29, 0.717) is 5.92 Å². The van der Waals surface area contributed by atoms with Crippen LogP contribution >= 0.6 is 0 Å². The molecule has 0 spiro atoms. The fourth-order valence-corrected chi connectivity index (χ4v) is 12.7. The lowest BCUT2D eigenvalue weighted by molar-refractivity contribution is 0.660. The Kier molecular flexibility index (Phi) is 12.2. The van der Waals surface area contributed by atoms with Gasteiger partial charge >= 0.3 is 0 Å². The minimum Gasteiger partial charge on any atom is -0.310 e. The highest BCUT2D eigenvalue weighted by Crippen LogP contribution is 2.52. The molecular weight excluding hydrogens is 905 g/mol. The van der Waals surface area contributed by atoms with Gasteiger partial charge in [-0.05, 0) is 177 Å². The minimum atomic E-state index is -0.131. The summed E-state index contributed by atoms with van der Waals surface area (Å²) in [6, 6.07) is 86.6. The maximum absolute atomic E-state index is 2.53. The molecule has 0 atom stereocenters. The molecule has 1 fully saturated rings. The molecule has 11 aromatic rings. The Morgan fingerprint density at radius 2 is 1.00 bits per heavy atom. The van der Waals surface area contributed by atoms with Crippen molar-refractivity contribution in [3.8, 4) is 61.3 Å². The Balaban J connectivity index is 0.829. The van der Waals surface area contributed by atoms with Gasteiger partial charge in [0.2, 0.25) is 0 Å². The van der Waals surface area contributed by atoms with E-state index < -0.39 is 0 Å². The first-order chi connectivity index (χ1) is 36.9. The van der Waals surface area contributed by atoms with Crippen LogP contribution in [0.3, 0.4) is 0 Å².